The molecule has 8 heteroatoms. The molecule has 6 rings (SSSR count). The number of ether oxygens (including phenoxy) is 6. The number of methoxy groups -OCH3 is 2. The molecule has 1 fully saturated rings. The standard InChI is InChI=1S/C46H58O7Si/c1-35-26-29-46(52-41(35)28-31-49-32-37-22-24-38(47-5)25-23-37)30-27-42(48-6)44(53-46)43(50-33-36-16-10-7-11-17-36)34-51-54(45(2,3)4,39-18-12-8-13-19-39)40-20-14-9-15-21-40/h7-26,29,35,41-44H,27-28,30-34H2,1-6H3/t35-,41+,42-,43+,44-,46-/m0/s1. The Morgan fingerprint density at radius 1 is 0.778 bits per heavy atom. The van der Waals surface area contributed by atoms with Crippen LogP contribution >= 0.6 is 0 Å². The maximum atomic E-state index is 7.49. The fraction of sp³-hybridized carbons (Fsp3) is 0.435. The van der Waals surface area contributed by atoms with Crippen LogP contribution in [0.3, 0.4) is 0 Å². The summed E-state index contributed by atoms with van der Waals surface area (Å²) in [6.07, 6.45) is 5.36. The molecule has 4 aromatic carbocycles. The molecule has 0 unspecified atom stereocenters. The largest absolute Gasteiger partial charge is 0.497 e. The van der Waals surface area contributed by atoms with Crippen LogP contribution in [0.2, 0.25) is 5.04 Å². The van der Waals surface area contributed by atoms with Crippen LogP contribution in [0.15, 0.2) is 127 Å². The number of hydrogen-bond acceptors (Lipinski definition) is 7. The Morgan fingerprint density at radius 3 is 1.98 bits per heavy atom. The van der Waals surface area contributed by atoms with Gasteiger partial charge in [-0.25, -0.2) is 0 Å². The van der Waals surface area contributed by atoms with Crippen molar-refractivity contribution in [2.75, 3.05) is 27.4 Å². The fourth-order valence-corrected chi connectivity index (χ4v) is 12.5. The maximum Gasteiger partial charge on any atom is 0.261 e. The lowest BCUT2D eigenvalue weighted by Gasteiger charge is -2.49. The van der Waals surface area contributed by atoms with Crippen LogP contribution in [0.25, 0.3) is 0 Å². The van der Waals surface area contributed by atoms with Gasteiger partial charge in [-0.1, -0.05) is 137 Å². The normalized spacial score (nSPS) is 23.7. The van der Waals surface area contributed by atoms with Gasteiger partial charge in [0.15, 0.2) is 5.79 Å². The van der Waals surface area contributed by atoms with E-state index in [2.05, 4.69) is 113 Å². The first-order valence-corrected chi connectivity index (χ1v) is 21.3. The highest BCUT2D eigenvalue weighted by atomic mass is 28.4. The predicted octanol–water partition coefficient (Wildman–Crippen LogP) is 8.25. The zero-order valence-electron chi connectivity index (χ0n) is 32.8. The summed E-state index contributed by atoms with van der Waals surface area (Å²) in [7, 11) is 0.564. The first-order chi connectivity index (χ1) is 26.2. The van der Waals surface area contributed by atoms with Gasteiger partial charge in [0.2, 0.25) is 0 Å². The van der Waals surface area contributed by atoms with Gasteiger partial charge in [0.1, 0.15) is 18.0 Å². The summed E-state index contributed by atoms with van der Waals surface area (Å²) in [5, 5.41) is 2.25. The number of rotatable bonds is 16. The van der Waals surface area contributed by atoms with Crippen molar-refractivity contribution in [2.45, 2.75) is 95.4 Å². The summed E-state index contributed by atoms with van der Waals surface area (Å²) in [5.74, 6) is 0.147. The summed E-state index contributed by atoms with van der Waals surface area (Å²) < 4.78 is 46.0. The predicted molar refractivity (Wildman–Crippen MR) is 217 cm³/mol. The molecule has 0 amide bonds. The molecule has 0 saturated carbocycles. The molecule has 6 atom stereocenters. The quantitative estimate of drug-likeness (QED) is 0.0650. The Bertz CT molecular complexity index is 1690. The third kappa shape index (κ3) is 9.43. The lowest BCUT2D eigenvalue weighted by atomic mass is 9.90. The molecule has 2 aliphatic rings. The first-order valence-electron chi connectivity index (χ1n) is 19.4. The second-order valence-electron chi connectivity index (χ2n) is 15.6. The highest BCUT2D eigenvalue weighted by Gasteiger charge is 2.52. The second kappa shape index (κ2) is 18.4. The Labute approximate surface area is 323 Å². The van der Waals surface area contributed by atoms with E-state index in [0.29, 0.717) is 32.8 Å². The molecular formula is C46H58O7Si. The van der Waals surface area contributed by atoms with Gasteiger partial charge in [-0.2, -0.15) is 0 Å². The first kappa shape index (κ1) is 40.1. The zero-order valence-corrected chi connectivity index (χ0v) is 33.8. The van der Waals surface area contributed by atoms with Crippen molar-refractivity contribution in [3.8, 4) is 5.75 Å². The minimum absolute atomic E-state index is 0.0670. The highest BCUT2D eigenvalue weighted by Crippen LogP contribution is 2.41. The van der Waals surface area contributed by atoms with Gasteiger partial charge in [0, 0.05) is 26.1 Å². The van der Waals surface area contributed by atoms with Gasteiger partial charge in [0.05, 0.1) is 39.1 Å². The Morgan fingerprint density at radius 2 is 1.39 bits per heavy atom. The van der Waals surface area contributed by atoms with E-state index in [4.69, 9.17) is 32.8 Å². The maximum absolute atomic E-state index is 7.49. The topological polar surface area (TPSA) is 64.6 Å². The summed E-state index contributed by atoms with van der Waals surface area (Å²) in [4.78, 5) is 0. The van der Waals surface area contributed by atoms with Crippen molar-refractivity contribution in [1.82, 2.24) is 0 Å². The molecular weight excluding hydrogens is 693 g/mol. The van der Waals surface area contributed by atoms with Crippen molar-refractivity contribution in [3.63, 3.8) is 0 Å². The van der Waals surface area contributed by atoms with Crippen LogP contribution in [0.4, 0.5) is 0 Å². The van der Waals surface area contributed by atoms with Crippen LogP contribution in [0, 0.1) is 5.92 Å². The lowest BCUT2D eigenvalue weighted by Crippen LogP contribution is -2.67. The number of hydrogen-bond donors (Lipinski definition) is 0. The monoisotopic (exact) mass is 750 g/mol. The van der Waals surface area contributed by atoms with Crippen molar-refractivity contribution in [3.05, 3.63) is 139 Å². The van der Waals surface area contributed by atoms with E-state index >= 15 is 0 Å². The minimum Gasteiger partial charge on any atom is -0.497 e. The minimum atomic E-state index is -2.87. The van der Waals surface area contributed by atoms with Gasteiger partial charge in [-0.05, 0) is 57.6 Å². The van der Waals surface area contributed by atoms with Crippen molar-refractivity contribution in [1.29, 1.82) is 0 Å². The van der Waals surface area contributed by atoms with Crippen LogP contribution in [0.1, 0.15) is 58.1 Å². The summed E-state index contributed by atoms with van der Waals surface area (Å²) >= 11 is 0. The van der Waals surface area contributed by atoms with Crippen LogP contribution in [-0.4, -0.2) is 66.0 Å². The molecule has 2 heterocycles. The molecule has 54 heavy (non-hydrogen) atoms. The zero-order chi connectivity index (χ0) is 38.0. The average Bonchev–Trinajstić information content (AvgIpc) is 3.20. The van der Waals surface area contributed by atoms with E-state index < -0.39 is 26.3 Å². The molecule has 1 spiro atoms. The highest BCUT2D eigenvalue weighted by molar-refractivity contribution is 6.99. The van der Waals surface area contributed by atoms with Crippen LogP contribution < -0.4 is 15.1 Å². The summed E-state index contributed by atoms with van der Waals surface area (Å²) in [6.45, 7) is 10.9. The van der Waals surface area contributed by atoms with E-state index in [0.717, 1.165) is 29.7 Å². The smallest absolute Gasteiger partial charge is 0.261 e. The van der Waals surface area contributed by atoms with Crippen LogP contribution in [0.5, 0.6) is 5.75 Å². The molecule has 1 saturated heterocycles. The molecule has 0 aliphatic carbocycles. The molecule has 2 aliphatic heterocycles. The molecule has 4 aromatic rings. The van der Waals surface area contributed by atoms with Gasteiger partial charge in [0.25, 0.3) is 8.32 Å². The van der Waals surface area contributed by atoms with Gasteiger partial charge in [-0.3, -0.25) is 0 Å². The average molecular weight is 751 g/mol. The molecule has 0 N–H and O–H groups in total. The molecule has 0 aromatic heterocycles. The van der Waals surface area contributed by atoms with Crippen molar-refractivity contribution in [2.24, 2.45) is 5.92 Å². The van der Waals surface area contributed by atoms with Crippen LogP contribution in [-0.2, 0) is 41.3 Å². The molecule has 7 nitrogen and oxygen atoms in total. The van der Waals surface area contributed by atoms with E-state index in [9.17, 15) is 0 Å². The third-order valence-corrected chi connectivity index (χ3v) is 15.9. The van der Waals surface area contributed by atoms with E-state index in [1.807, 2.05) is 42.5 Å². The summed E-state index contributed by atoms with van der Waals surface area (Å²) in [6, 6.07) is 39.7. The molecule has 0 bridgehead atoms. The summed E-state index contributed by atoms with van der Waals surface area (Å²) in [5.41, 5.74) is 2.19. The lowest BCUT2D eigenvalue weighted by molar-refractivity contribution is -0.317. The number of benzene rings is 4. The SMILES string of the molecule is COc1ccc(COCC[C@H]2O[C@]3(C=C[C@@H]2C)CC[C@H](OC)[C@@H]([C@@H](CO[Si](c2ccccc2)(c2ccccc2)C(C)(C)C)OCc2ccccc2)O3)cc1. The Balaban J connectivity index is 1.24. The van der Waals surface area contributed by atoms with Crippen molar-refractivity contribution >= 4 is 18.7 Å². The Hall–Kier alpha value is -3.60. The molecule has 288 valence electrons. The van der Waals surface area contributed by atoms with E-state index in [1.165, 1.54) is 10.4 Å². The van der Waals surface area contributed by atoms with E-state index in [1.54, 1.807) is 14.2 Å². The fourth-order valence-electron chi connectivity index (χ4n) is 7.89. The molecule has 0 radical (unpaired) electrons. The van der Waals surface area contributed by atoms with Gasteiger partial charge >= 0.3 is 0 Å². The second-order valence-corrected chi connectivity index (χ2v) is 19.9. The van der Waals surface area contributed by atoms with E-state index in [-0.39, 0.29) is 23.2 Å². The van der Waals surface area contributed by atoms with Gasteiger partial charge < -0.3 is 32.8 Å². The Kier molecular flexibility index (Phi) is 13.6. The van der Waals surface area contributed by atoms with Crippen molar-refractivity contribution < 1.29 is 32.8 Å². The third-order valence-electron chi connectivity index (χ3n) is 10.9. The van der Waals surface area contributed by atoms with Gasteiger partial charge in [-0.15, -0.1) is 0 Å².